The van der Waals surface area contributed by atoms with Crippen molar-refractivity contribution in [3.63, 3.8) is 0 Å². The van der Waals surface area contributed by atoms with Gasteiger partial charge >= 0.3 is 0 Å². The maximum atomic E-state index is 13.0. The van der Waals surface area contributed by atoms with E-state index in [1.165, 1.54) is 12.5 Å². The molecular formula is C13H17ClFNO. The van der Waals surface area contributed by atoms with Crippen LogP contribution >= 0.6 is 11.6 Å². The number of ether oxygens (including phenoxy) is 1. The maximum absolute atomic E-state index is 13.0. The second kappa shape index (κ2) is 5.80. The van der Waals surface area contributed by atoms with E-state index >= 15 is 0 Å². The third kappa shape index (κ3) is 3.66. The topological polar surface area (TPSA) is 21.3 Å². The minimum atomic E-state index is -0.918. The summed E-state index contributed by atoms with van der Waals surface area (Å²) in [6, 6.07) is 8.04. The maximum Gasteiger partial charge on any atom is 0.125 e. The zero-order valence-corrected chi connectivity index (χ0v) is 10.6. The number of benzene rings is 1. The molecule has 0 unspecified atom stereocenters. The van der Waals surface area contributed by atoms with Gasteiger partial charge in [0, 0.05) is 17.6 Å². The number of rotatable bonds is 3. The van der Waals surface area contributed by atoms with Crippen molar-refractivity contribution in [1.82, 2.24) is 5.32 Å². The first-order chi connectivity index (χ1) is 8.15. The third-order valence-electron chi connectivity index (χ3n) is 3.03. The molecule has 1 aliphatic heterocycles. The van der Waals surface area contributed by atoms with Gasteiger partial charge in [-0.05, 0) is 31.0 Å². The molecule has 0 spiro atoms. The number of alkyl halides is 1. The molecule has 1 saturated heterocycles. The fraction of sp³-hybridized carbons (Fsp3) is 0.538. The summed E-state index contributed by atoms with van der Waals surface area (Å²) in [6.45, 7) is 2.67. The number of hydrogen-bond donors (Lipinski definition) is 1. The second-order valence-electron chi connectivity index (χ2n) is 4.49. The molecule has 0 amide bonds. The van der Waals surface area contributed by atoms with Gasteiger partial charge in [0.15, 0.2) is 0 Å². The zero-order chi connectivity index (χ0) is 12.3. The van der Waals surface area contributed by atoms with E-state index < -0.39 is 6.17 Å². The molecule has 0 aliphatic carbocycles. The van der Waals surface area contributed by atoms with Crippen molar-refractivity contribution < 1.29 is 9.13 Å². The first-order valence-corrected chi connectivity index (χ1v) is 6.26. The summed E-state index contributed by atoms with van der Waals surface area (Å²) in [7, 11) is 0. The third-order valence-corrected chi connectivity index (χ3v) is 3.28. The van der Waals surface area contributed by atoms with Crippen LogP contribution in [-0.4, -0.2) is 31.5 Å². The van der Waals surface area contributed by atoms with Crippen LogP contribution in [0.2, 0.25) is 5.02 Å². The van der Waals surface area contributed by atoms with Crippen LogP contribution < -0.4 is 5.32 Å². The van der Waals surface area contributed by atoms with E-state index in [0.29, 0.717) is 13.2 Å². The van der Waals surface area contributed by atoms with E-state index in [-0.39, 0.29) is 12.1 Å². The molecule has 94 valence electrons. The fourth-order valence-corrected chi connectivity index (χ4v) is 2.10. The molecule has 2 nitrogen and oxygen atoms in total. The van der Waals surface area contributed by atoms with Crippen LogP contribution in [-0.2, 0) is 11.2 Å². The molecule has 0 radical (unpaired) electrons. The van der Waals surface area contributed by atoms with Gasteiger partial charge in [0.25, 0.3) is 0 Å². The van der Waals surface area contributed by atoms with E-state index in [2.05, 4.69) is 5.32 Å². The summed E-state index contributed by atoms with van der Waals surface area (Å²) in [4.78, 5) is 0. The van der Waals surface area contributed by atoms with Gasteiger partial charge in [-0.2, -0.15) is 0 Å². The summed E-state index contributed by atoms with van der Waals surface area (Å²) in [6.07, 6.45) is -0.347. The standard InChI is InChI=1S/C13H17ClFNO/c1-9(15)13-7-16-12(8-17-13)6-10-2-4-11(14)5-3-10/h2-5,9,12-13,16H,6-8H2,1H3/t9-,12-,13+/m0/s1. The molecule has 0 aromatic heterocycles. The van der Waals surface area contributed by atoms with E-state index in [1.54, 1.807) is 0 Å². The summed E-state index contributed by atoms with van der Waals surface area (Å²) in [5.41, 5.74) is 1.21. The van der Waals surface area contributed by atoms with Crippen LogP contribution in [0.5, 0.6) is 0 Å². The van der Waals surface area contributed by atoms with Crippen molar-refractivity contribution in [1.29, 1.82) is 0 Å². The predicted octanol–water partition coefficient (Wildman–Crippen LogP) is 2.60. The lowest BCUT2D eigenvalue weighted by atomic mass is 10.0. The molecular weight excluding hydrogens is 241 g/mol. The van der Waals surface area contributed by atoms with Crippen molar-refractivity contribution in [3.8, 4) is 0 Å². The highest BCUT2D eigenvalue weighted by Gasteiger charge is 2.25. The first kappa shape index (κ1) is 12.8. The van der Waals surface area contributed by atoms with Crippen molar-refractivity contribution in [2.75, 3.05) is 13.2 Å². The lowest BCUT2D eigenvalue weighted by Crippen LogP contribution is -2.50. The molecule has 17 heavy (non-hydrogen) atoms. The average Bonchev–Trinajstić information content (AvgIpc) is 2.33. The van der Waals surface area contributed by atoms with E-state index in [0.717, 1.165) is 11.4 Å². The summed E-state index contributed by atoms with van der Waals surface area (Å²) < 4.78 is 18.5. The molecule has 1 heterocycles. The van der Waals surface area contributed by atoms with Crippen LogP contribution in [0.4, 0.5) is 4.39 Å². The normalized spacial score (nSPS) is 26.8. The van der Waals surface area contributed by atoms with Gasteiger partial charge in [-0.1, -0.05) is 23.7 Å². The lowest BCUT2D eigenvalue weighted by molar-refractivity contribution is -0.0340. The van der Waals surface area contributed by atoms with Crippen LogP contribution in [0.25, 0.3) is 0 Å². The number of morpholine rings is 1. The average molecular weight is 258 g/mol. The number of nitrogens with one attached hydrogen (secondary N) is 1. The summed E-state index contributed by atoms with van der Waals surface area (Å²) in [5, 5.41) is 4.06. The van der Waals surface area contributed by atoms with Crippen molar-refractivity contribution in [2.24, 2.45) is 0 Å². The number of halogens is 2. The van der Waals surface area contributed by atoms with Crippen LogP contribution in [0, 0.1) is 0 Å². The molecule has 3 atom stereocenters. The van der Waals surface area contributed by atoms with E-state index in [4.69, 9.17) is 16.3 Å². The molecule has 0 saturated carbocycles. The molecule has 1 aromatic rings. The van der Waals surface area contributed by atoms with Crippen molar-refractivity contribution >= 4 is 11.6 Å². The molecule has 1 aromatic carbocycles. The molecule has 1 aliphatic rings. The van der Waals surface area contributed by atoms with Gasteiger partial charge in [0.1, 0.15) is 12.3 Å². The van der Waals surface area contributed by atoms with Crippen LogP contribution in [0.3, 0.4) is 0 Å². The Morgan fingerprint density at radius 2 is 2.18 bits per heavy atom. The lowest BCUT2D eigenvalue weighted by Gasteiger charge is -2.31. The van der Waals surface area contributed by atoms with Crippen molar-refractivity contribution in [2.45, 2.75) is 31.7 Å². The van der Waals surface area contributed by atoms with Gasteiger partial charge in [-0.15, -0.1) is 0 Å². The van der Waals surface area contributed by atoms with Gasteiger partial charge in [-0.25, -0.2) is 4.39 Å². The highest BCUT2D eigenvalue weighted by Crippen LogP contribution is 2.14. The Hall–Kier alpha value is -0.640. The van der Waals surface area contributed by atoms with Crippen LogP contribution in [0.15, 0.2) is 24.3 Å². The number of hydrogen-bond acceptors (Lipinski definition) is 2. The molecule has 0 bridgehead atoms. The summed E-state index contributed by atoms with van der Waals surface area (Å²) in [5.74, 6) is 0. The highest BCUT2D eigenvalue weighted by molar-refractivity contribution is 6.30. The van der Waals surface area contributed by atoms with Gasteiger partial charge < -0.3 is 10.1 Å². The van der Waals surface area contributed by atoms with E-state index in [9.17, 15) is 4.39 Å². The molecule has 4 heteroatoms. The molecule has 1 N–H and O–H groups in total. The van der Waals surface area contributed by atoms with Gasteiger partial charge in [-0.3, -0.25) is 0 Å². The molecule has 2 rings (SSSR count). The monoisotopic (exact) mass is 257 g/mol. The predicted molar refractivity (Wildman–Crippen MR) is 67.3 cm³/mol. The minimum absolute atomic E-state index is 0.256. The van der Waals surface area contributed by atoms with E-state index in [1.807, 2.05) is 24.3 Å². The Morgan fingerprint density at radius 3 is 2.71 bits per heavy atom. The quantitative estimate of drug-likeness (QED) is 0.899. The first-order valence-electron chi connectivity index (χ1n) is 5.88. The van der Waals surface area contributed by atoms with Crippen molar-refractivity contribution in [3.05, 3.63) is 34.9 Å². The van der Waals surface area contributed by atoms with Crippen LogP contribution in [0.1, 0.15) is 12.5 Å². The van der Waals surface area contributed by atoms with Gasteiger partial charge in [0.05, 0.1) is 6.61 Å². The molecule has 1 fully saturated rings. The Morgan fingerprint density at radius 1 is 1.47 bits per heavy atom. The summed E-state index contributed by atoms with van der Waals surface area (Å²) >= 11 is 5.83. The Bertz CT molecular complexity index is 347. The minimum Gasteiger partial charge on any atom is -0.372 e. The zero-order valence-electron chi connectivity index (χ0n) is 9.83. The Kier molecular flexibility index (Phi) is 4.37. The highest BCUT2D eigenvalue weighted by atomic mass is 35.5. The largest absolute Gasteiger partial charge is 0.372 e. The van der Waals surface area contributed by atoms with Gasteiger partial charge in [0.2, 0.25) is 0 Å². The Labute approximate surface area is 106 Å². The SMILES string of the molecule is C[C@H](F)[C@H]1CN[C@@H](Cc2ccc(Cl)cc2)CO1. The second-order valence-corrected chi connectivity index (χ2v) is 4.92. The Balaban J connectivity index is 1.84. The smallest absolute Gasteiger partial charge is 0.125 e. The fourth-order valence-electron chi connectivity index (χ4n) is 1.97.